The van der Waals surface area contributed by atoms with Crippen molar-refractivity contribution < 1.29 is 9.90 Å². The van der Waals surface area contributed by atoms with Gasteiger partial charge in [0.1, 0.15) is 4.60 Å². The number of aromatic nitrogens is 1. The minimum atomic E-state index is -0.160. The second-order valence-electron chi connectivity index (χ2n) is 4.72. The van der Waals surface area contributed by atoms with Crippen LogP contribution >= 0.6 is 15.9 Å². The number of halogens is 1. The highest BCUT2D eigenvalue weighted by atomic mass is 79.9. The Morgan fingerprint density at radius 1 is 1.29 bits per heavy atom. The first-order valence-corrected chi connectivity index (χ1v) is 7.47. The van der Waals surface area contributed by atoms with E-state index in [2.05, 4.69) is 20.9 Å². The van der Waals surface area contributed by atoms with E-state index in [-0.39, 0.29) is 18.6 Å². The first kappa shape index (κ1) is 15.7. The van der Waals surface area contributed by atoms with E-state index in [0.717, 1.165) is 5.56 Å². The lowest BCUT2D eigenvalue weighted by atomic mass is 10.0. The van der Waals surface area contributed by atoms with Crippen molar-refractivity contribution in [2.24, 2.45) is 0 Å². The van der Waals surface area contributed by atoms with Gasteiger partial charge in [0.15, 0.2) is 0 Å². The lowest BCUT2D eigenvalue weighted by Gasteiger charge is -2.28. The van der Waals surface area contributed by atoms with Crippen LogP contribution in [0, 0.1) is 0 Å². The molecule has 1 aromatic carbocycles. The highest BCUT2D eigenvalue weighted by molar-refractivity contribution is 9.10. The summed E-state index contributed by atoms with van der Waals surface area (Å²) in [6.45, 7) is 0.0236. The number of aliphatic hydroxyl groups is 1. The summed E-state index contributed by atoms with van der Waals surface area (Å²) in [5, 5.41) is 9.28. The molecule has 0 aliphatic heterocycles. The summed E-state index contributed by atoms with van der Waals surface area (Å²) in [7, 11) is 1.75. The Labute approximate surface area is 132 Å². The fourth-order valence-corrected chi connectivity index (χ4v) is 2.46. The van der Waals surface area contributed by atoms with Crippen LogP contribution in [-0.4, -0.2) is 34.6 Å². The lowest BCUT2D eigenvalue weighted by Crippen LogP contribution is -2.32. The van der Waals surface area contributed by atoms with E-state index in [1.807, 2.05) is 30.3 Å². The molecule has 21 heavy (non-hydrogen) atoms. The van der Waals surface area contributed by atoms with Crippen molar-refractivity contribution in [2.75, 3.05) is 13.7 Å². The van der Waals surface area contributed by atoms with Gasteiger partial charge >= 0.3 is 0 Å². The van der Waals surface area contributed by atoms with Gasteiger partial charge in [-0.05, 0) is 40.0 Å². The Balaban J connectivity index is 2.24. The summed E-state index contributed by atoms with van der Waals surface area (Å²) in [5.41, 5.74) is 1.53. The average Bonchev–Trinajstić information content (AvgIpc) is 2.53. The summed E-state index contributed by atoms with van der Waals surface area (Å²) in [6, 6.07) is 13.0. The Morgan fingerprint density at radius 3 is 2.57 bits per heavy atom. The third-order valence-corrected chi connectivity index (χ3v) is 3.82. The molecule has 0 saturated carbocycles. The van der Waals surface area contributed by atoms with E-state index in [4.69, 9.17) is 0 Å². The number of amides is 1. The summed E-state index contributed by atoms with van der Waals surface area (Å²) in [4.78, 5) is 18.3. The molecule has 1 unspecified atom stereocenters. The average molecular weight is 349 g/mol. The quantitative estimate of drug-likeness (QED) is 0.845. The molecule has 0 radical (unpaired) electrons. The molecule has 0 saturated heterocycles. The third-order valence-electron chi connectivity index (χ3n) is 3.35. The van der Waals surface area contributed by atoms with Gasteiger partial charge in [-0.15, -0.1) is 0 Å². The van der Waals surface area contributed by atoms with Crippen LogP contribution in [0.1, 0.15) is 28.4 Å². The normalized spacial score (nSPS) is 12.0. The predicted molar refractivity (Wildman–Crippen MR) is 84.9 cm³/mol. The summed E-state index contributed by atoms with van der Waals surface area (Å²) in [6.07, 6.45) is 2.04. The lowest BCUT2D eigenvalue weighted by molar-refractivity contribution is 0.0704. The highest BCUT2D eigenvalue weighted by Gasteiger charge is 2.22. The number of hydrogen-bond acceptors (Lipinski definition) is 3. The summed E-state index contributed by atoms with van der Waals surface area (Å²) in [5.74, 6) is -0.114. The monoisotopic (exact) mass is 348 g/mol. The maximum Gasteiger partial charge on any atom is 0.255 e. The number of aliphatic hydroxyl groups excluding tert-OH is 1. The van der Waals surface area contributed by atoms with Crippen LogP contribution < -0.4 is 0 Å². The van der Waals surface area contributed by atoms with Gasteiger partial charge in [0.05, 0.1) is 11.6 Å². The summed E-state index contributed by atoms with van der Waals surface area (Å²) < 4.78 is 0.691. The van der Waals surface area contributed by atoms with Crippen molar-refractivity contribution in [1.29, 1.82) is 0 Å². The van der Waals surface area contributed by atoms with Gasteiger partial charge in [-0.1, -0.05) is 30.3 Å². The fraction of sp³-hybridized carbons (Fsp3) is 0.250. The number of hydrogen-bond donors (Lipinski definition) is 1. The Bertz CT molecular complexity index is 587. The van der Waals surface area contributed by atoms with Gasteiger partial charge in [0.2, 0.25) is 0 Å². The molecule has 5 heteroatoms. The van der Waals surface area contributed by atoms with Gasteiger partial charge in [0.25, 0.3) is 5.91 Å². The standard InChI is InChI=1S/C16H17BrN2O2/c1-19(16(21)13-7-8-15(17)18-11-13)14(9-10-20)12-5-3-2-4-6-12/h2-8,11,14,20H,9-10H2,1H3. The fourth-order valence-electron chi connectivity index (χ4n) is 2.23. The zero-order valence-electron chi connectivity index (χ0n) is 11.7. The van der Waals surface area contributed by atoms with Crippen LogP contribution in [0.25, 0.3) is 0 Å². The zero-order valence-corrected chi connectivity index (χ0v) is 13.3. The largest absolute Gasteiger partial charge is 0.396 e. The molecule has 0 spiro atoms. The van der Waals surface area contributed by atoms with Crippen molar-refractivity contribution in [3.8, 4) is 0 Å². The number of nitrogens with zero attached hydrogens (tertiary/aromatic N) is 2. The molecular weight excluding hydrogens is 332 g/mol. The van der Waals surface area contributed by atoms with Crippen LogP contribution in [0.3, 0.4) is 0 Å². The minimum absolute atomic E-state index is 0.0236. The predicted octanol–water partition coefficient (Wildman–Crippen LogP) is 3.04. The van der Waals surface area contributed by atoms with Crippen molar-refractivity contribution in [3.63, 3.8) is 0 Å². The van der Waals surface area contributed by atoms with Crippen LogP contribution in [0.4, 0.5) is 0 Å². The molecule has 1 atom stereocenters. The molecule has 1 amide bonds. The van der Waals surface area contributed by atoms with Gasteiger partial charge in [0, 0.05) is 19.9 Å². The van der Waals surface area contributed by atoms with Crippen molar-refractivity contribution in [2.45, 2.75) is 12.5 Å². The number of rotatable bonds is 5. The Hall–Kier alpha value is -1.72. The minimum Gasteiger partial charge on any atom is -0.396 e. The zero-order chi connectivity index (χ0) is 15.2. The van der Waals surface area contributed by atoms with Crippen molar-refractivity contribution >= 4 is 21.8 Å². The molecule has 1 heterocycles. The van der Waals surface area contributed by atoms with Crippen LogP contribution in [0.15, 0.2) is 53.3 Å². The third kappa shape index (κ3) is 3.89. The first-order chi connectivity index (χ1) is 10.1. The van der Waals surface area contributed by atoms with E-state index in [1.165, 1.54) is 0 Å². The maximum absolute atomic E-state index is 12.5. The van der Waals surface area contributed by atoms with E-state index in [1.54, 1.807) is 30.3 Å². The number of carbonyl (C=O) groups is 1. The van der Waals surface area contributed by atoms with Crippen LogP contribution in [0.5, 0.6) is 0 Å². The molecule has 2 rings (SSSR count). The maximum atomic E-state index is 12.5. The molecule has 0 bridgehead atoms. The first-order valence-electron chi connectivity index (χ1n) is 6.68. The number of pyridine rings is 1. The van der Waals surface area contributed by atoms with Gasteiger partial charge < -0.3 is 10.0 Å². The van der Waals surface area contributed by atoms with Crippen molar-refractivity contribution in [1.82, 2.24) is 9.88 Å². The molecule has 0 aliphatic carbocycles. The number of benzene rings is 1. The molecule has 1 aromatic heterocycles. The molecule has 110 valence electrons. The molecule has 0 fully saturated rings. The molecular formula is C16H17BrN2O2. The van der Waals surface area contributed by atoms with E-state index >= 15 is 0 Å². The second-order valence-corrected chi connectivity index (χ2v) is 5.54. The highest BCUT2D eigenvalue weighted by Crippen LogP contribution is 2.24. The Morgan fingerprint density at radius 2 is 2.00 bits per heavy atom. The van der Waals surface area contributed by atoms with E-state index in [9.17, 15) is 9.90 Å². The SMILES string of the molecule is CN(C(=O)c1ccc(Br)nc1)C(CCO)c1ccccc1. The second kappa shape index (κ2) is 7.33. The van der Waals surface area contributed by atoms with Gasteiger partial charge in [-0.3, -0.25) is 4.79 Å². The van der Waals surface area contributed by atoms with Crippen LogP contribution in [-0.2, 0) is 0 Å². The van der Waals surface area contributed by atoms with Gasteiger partial charge in [-0.25, -0.2) is 4.98 Å². The smallest absolute Gasteiger partial charge is 0.255 e. The molecule has 0 aliphatic rings. The van der Waals surface area contributed by atoms with Gasteiger partial charge in [-0.2, -0.15) is 0 Å². The van der Waals surface area contributed by atoms with E-state index < -0.39 is 0 Å². The molecule has 2 aromatic rings. The Kier molecular flexibility index (Phi) is 5.47. The topological polar surface area (TPSA) is 53.4 Å². The summed E-state index contributed by atoms with van der Waals surface area (Å²) >= 11 is 3.25. The van der Waals surface area contributed by atoms with Crippen LogP contribution in [0.2, 0.25) is 0 Å². The molecule has 1 N–H and O–H groups in total. The molecule has 4 nitrogen and oxygen atoms in total. The number of carbonyl (C=O) groups excluding carboxylic acids is 1. The van der Waals surface area contributed by atoms with Crippen molar-refractivity contribution in [3.05, 3.63) is 64.4 Å². The van der Waals surface area contributed by atoms with E-state index in [0.29, 0.717) is 16.6 Å².